The predicted molar refractivity (Wildman–Crippen MR) is 81.2 cm³/mol. The second-order valence-corrected chi connectivity index (χ2v) is 6.37. The number of hydrogen-bond donors (Lipinski definition) is 3. The van der Waals surface area contributed by atoms with E-state index in [1.165, 1.54) is 0 Å². The molecule has 0 fully saturated rings. The highest BCUT2D eigenvalue weighted by Crippen LogP contribution is 2.21. The molecule has 1 heterocycles. The predicted octanol–water partition coefficient (Wildman–Crippen LogP) is 1.46. The van der Waals surface area contributed by atoms with E-state index in [9.17, 15) is 8.42 Å². The van der Waals surface area contributed by atoms with Gasteiger partial charge in [0.2, 0.25) is 0 Å². The van der Waals surface area contributed by atoms with Crippen LogP contribution in [0.5, 0.6) is 0 Å². The van der Waals surface area contributed by atoms with Gasteiger partial charge in [0, 0.05) is 11.3 Å². The third-order valence-electron chi connectivity index (χ3n) is 2.75. The highest BCUT2D eigenvalue weighted by Gasteiger charge is 2.22. The van der Waals surface area contributed by atoms with Crippen LogP contribution in [0.1, 0.15) is 17.0 Å². The molecule has 106 valence electrons. The van der Waals surface area contributed by atoms with E-state index in [1.807, 2.05) is 0 Å². The number of hydrogen-bond acceptors (Lipinski definition) is 4. The molecule has 1 aromatic carbocycles. The number of nitrogens with zero attached hydrogens (tertiary/aromatic N) is 1. The van der Waals surface area contributed by atoms with Gasteiger partial charge in [0.05, 0.1) is 11.4 Å². The average Bonchev–Trinajstić information content (AvgIpc) is 2.69. The van der Waals surface area contributed by atoms with Crippen molar-refractivity contribution in [1.29, 1.82) is 0 Å². The Morgan fingerprint density at radius 2 is 1.90 bits per heavy atom. The second-order valence-electron chi connectivity index (χ2n) is 4.31. The highest BCUT2D eigenvalue weighted by molar-refractivity contribution is 7.92. The number of nitrogens with one attached hydrogen (secondary N) is 2. The molecule has 1 aromatic heterocycles. The minimum Gasteiger partial charge on any atom is -0.389 e. The Labute approximate surface area is 122 Å². The standard InChI is InChI=1S/C12H14N4O2S2/c1-7-11(8(2)15-14-7)20(17,18)16-10-5-3-9(4-6-10)12(13)19/h3-6,16H,1-2H3,(H2,13,19)(H,14,15). The molecule has 0 radical (unpaired) electrons. The summed E-state index contributed by atoms with van der Waals surface area (Å²) < 4.78 is 27.1. The van der Waals surface area contributed by atoms with Crippen LogP contribution in [0.15, 0.2) is 29.2 Å². The van der Waals surface area contributed by atoms with Crippen LogP contribution < -0.4 is 10.5 Å². The van der Waals surface area contributed by atoms with Crippen molar-refractivity contribution in [1.82, 2.24) is 10.2 Å². The van der Waals surface area contributed by atoms with Gasteiger partial charge in [-0.15, -0.1) is 0 Å². The normalized spacial score (nSPS) is 11.3. The van der Waals surface area contributed by atoms with E-state index in [1.54, 1.807) is 38.1 Å². The van der Waals surface area contributed by atoms with Crippen molar-refractivity contribution >= 4 is 32.9 Å². The number of anilines is 1. The number of H-pyrrole nitrogens is 1. The van der Waals surface area contributed by atoms with Gasteiger partial charge in [-0.25, -0.2) is 8.42 Å². The topological polar surface area (TPSA) is 101 Å². The molecule has 0 aliphatic carbocycles. The SMILES string of the molecule is Cc1n[nH]c(C)c1S(=O)(=O)Nc1ccc(C(N)=S)cc1. The van der Waals surface area contributed by atoms with Crippen LogP contribution in [-0.2, 0) is 10.0 Å². The molecule has 2 rings (SSSR count). The fourth-order valence-electron chi connectivity index (χ4n) is 1.85. The first kappa shape index (κ1) is 14.5. The van der Waals surface area contributed by atoms with E-state index in [0.717, 1.165) is 0 Å². The zero-order valence-corrected chi connectivity index (χ0v) is 12.6. The molecular formula is C12H14N4O2S2. The third kappa shape index (κ3) is 2.81. The zero-order chi connectivity index (χ0) is 14.9. The number of thiocarbonyl (C=S) groups is 1. The zero-order valence-electron chi connectivity index (χ0n) is 11.0. The summed E-state index contributed by atoms with van der Waals surface area (Å²) in [7, 11) is -3.67. The Bertz CT molecular complexity index is 729. The number of nitrogens with two attached hydrogens (primary N) is 1. The highest BCUT2D eigenvalue weighted by atomic mass is 32.2. The number of aromatic nitrogens is 2. The van der Waals surface area contributed by atoms with Crippen molar-refractivity contribution in [3.05, 3.63) is 41.2 Å². The quantitative estimate of drug-likeness (QED) is 0.742. The molecule has 8 heteroatoms. The molecular weight excluding hydrogens is 296 g/mol. The Hall–Kier alpha value is -1.93. The van der Waals surface area contributed by atoms with Gasteiger partial charge in [0.25, 0.3) is 10.0 Å². The van der Waals surface area contributed by atoms with E-state index in [0.29, 0.717) is 22.6 Å². The molecule has 0 aliphatic rings. The lowest BCUT2D eigenvalue weighted by atomic mass is 10.2. The smallest absolute Gasteiger partial charge is 0.265 e. The summed E-state index contributed by atoms with van der Waals surface area (Å²) in [5.74, 6) is 0. The van der Waals surface area contributed by atoms with Gasteiger partial charge in [-0.05, 0) is 38.1 Å². The first-order valence-corrected chi connectivity index (χ1v) is 7.64. The van der Waals surface area contributed by atoms with E-state index in [4.69, 9.17) is 18.0 Å². The monoisotopic (exact) mass is 310 g/mol. The van der Waals surface area contributed by atoms with Gasteiger partial charge in [0.15, 0.2) is 0 Å². The summed E-state index contributed by atoms with van der Waals surface area (Å²) in [6.45, 7) is 3.29. The van der Waals surface area contributed by atoms with Gasteiger partial charge in [0.1, 0.15) is 9.88 Å². The van der Waals surface area contributed by atoms with Gasteiger partial charge in [-0.2, -0.15) is 5.10 Å². The lowest BCUT2D eigenvalue weighted by Gasteiger charge is -2.08. The molecule has 20 heavy (non-hydrogen) atoms. The first-order valence-electron chi connectivity index (χ1n) is 5.75. The summed E-state index contributed by atoms with van der Waals surface area (Å²) in [6.07, 6.45) is 0. The molecule has 0 spiro atoms. The van der Waals surface area contributed by atoms with Gasteiger partial charge in [-0.3, -0.25) is 9.82 Å². The fourth-order valence-corrected chi connectivity index (χ4v) is 3.41. The van der Waals surface area contributed by atoms with Crippen LogP contribution in [0, 0.1) is 13.8 Å². The molecule has 6 nitrogen and oxygen atoms in total. The van der Waals surface area contributed by atoms with Crippen LogP contribution in [0.4, 0.5) is 5.69 Å². The molecule has 0 atom stereocenters. The molecule has 0 bridgehead atoms. The minimum atomic E-state index is -3.67. The van der Waals surface area contributed by atoms with Gasteiger partial charge >= 0.3 is 0 Å². The molecule has 2 aromatic rings. The van der Waals surface area contributed by atoms with Crippen molar-refractivity contribution in [2.75, 3.05) is 4.72 Å². The maximum atomic E-state index is 12.3. The van der Waals surface area contributed by atoms with E-state index < -0.39 is 10.0 Å². The summed E-state index contributed by atoms with van der Waals surface area (Å²) in [5, 5.41) is 6.53. The molecule has 0 saturated heterocycles. The third-order valence-corrected chi connectivity index (χ3v) is 4.63. The van der Waals surface area contributed by atoms with Crippen molar-refractivity contribution in [3.63, 3.8) is 0 Å². The molecule has 0 aliphatic heterocycles. The number of aryl methyl sites for hydroxylation is 2. The molecule has 4 N–H and O–H groups in total. The van der Waals surface area contributed by atoms with Crippen molar-refractivity contribution in [3.8, 4) is 0 Å². The van der Waals surface area contributed by atoms with Gasteiger partial charge in [-0.1, -0.05) is 12.2 Å². The summed E-state index contributed by atoms with van der Waals surface area (Å²) in [6, 6.07) is 6.54. The fraction of sp³-hybridized carbons (Fsp3) is 0.167. The Kier molecular flexibility index (Phi) is 3.78. The summed E-state index contributed by atoms with van der Waals surface area (Å²) in [4.78, 5) is 0.428. The lowest BCUT2D eigenvalue weighted by molar-refractivity contribution is 0.600. The number of sulfonamides is 1. The molecule has 0 amide bonds. The Morgan fingerprint density at radius 3 is 2.35 bits per heavy atom. The van der Waals surface area contributed by atoms with Crippen molar-refractivity contribution < 1.29 is 8.42 Å². The van der Waals surface area contributed by atoms with Crippen LogP contribution in [0.2, 0.25) is 0 Å². The number of rotatable bonds is 4. The summed E-state index contributed by atoms with van der Waals surface area (Å²) in [5.41, 5.74) is 7.52. The number of benzene rings is 1. The maximum absolute atomic E-state index is 12.3. The Morgan fingerprint density at radius 1 is 1.30 bits per heavy atom. The average molecular weight is 310 g/mol. The van der Waals surface area contributed by atoms with Crippen molar-refractivity contribution in [2.45, 2.75) is 18.7 Å². The lowest BCUT2D eigenvalue weighted by Crippen LogP contribution is -2.15. The molecule has 0 unspecified atom stereocenters. The minimum absolute atomic E-state index is 0.163. The van der Waals surface area contributed by atoms with E-state index in [2.05, 4.69) is 14.9 Å². The van der Waals surface area contributed by atoms with E-state index in [-0.39, 0.29) is 9.88 Å². The summed E-state index contributed by atoms with van der Waals surface area (Å²) >= 11 is 4.84. The largest absolute Gasteiger partial charge is 0.389 e. The first-order chi connectivity index (χ1) is 9.31. The Balaban J connectivity index is 2.31. The van der Waals surface area contributed by atoms with Crippen molar-refractivity contribution in [2.24, 2.45) is 5.73 Å². The van der Waals surface area contributed by atoms with E-state index >= 15 is 0 Å². The van der Waals surface area contributed by atoms with Crippen LogP contribution >= 0.6 is 12.2 Å². The van der Waals surface area contributed by atoms with Gasteiger partial charge < -0.3 is 5.73 Å². The maximum Gasteiger partial charge on any atom is 0.265 e. The number of aromatic amines is 1. The van der Waals surface area contributed by atoms with Crippen LogP contribution in [0.25, 0.3) is 0 Å². The molecule has 0 saturated carbocycles. The van der Waals surface area contributed by atoms with Crippen LogP contribution in [-0.4, -0.2) is 23.6 Å². The van der Waals surface area contributed by atoms with Crippen LogP contribution in [0.3, 0.4) is 0 Å². The second kappa shape index (κ2) is 5.22.